The maximum absolute atomic E-state index is 5.47. The van der Waals surface area contributed by atoms with Crippen LogP contribution in [-0.4, -0.2) is 36.6 Å². The van der Waals surface area contributed by atoms with Crippen LogP contribution in [0.3, 0.4) is 0 Å². The predicted octanol–water partition coefficient (Wildman–Crippen LogP) is 1.38. The molecule has 2 rings (SSSR count). The van der Waals surface area contributed by atoms with Crippen LogP contribution in [0.1, 0.15) is 36.8 Å². The van der Waals surface area contributed by atoms with Crippen LogP contribution in [0.4, 0.5) is 0 Å². The van der Waals surface area contributed by atoms with Gasteiger partial charge in [0, 0.05) is 18.9 Å². The van der Waals surface area contributed by atoms with Gasteiger partial charge in [0.15, 0.2) is 5.89 Å². The second-order valence-electron chi connectivity index (χ2n) is 4.66. The molecule has 1 atom stereocenters. The maximum Gasteiger partial charge on any atom is 0.194 e. The van der Waals surface area contributed by atoms with Crippen molar-refractivity contribution in [3.8, 4) is 0 Å². The molecule has 0 bridgehead atoms. The molecular weight excluding hydrogens is 202 g/mol. The Morgan fingerprint density at radius 3 is 3.25 bits per heavy atom. The molecule has 1 aliphatic rings. The van der Waals surface area contributed by atoms with E-state index in [0.717, 1.165) is 31.0 Å². The van der Waals surface area contributed by atoms with Gasteiger partial charge in [-0.2, -0.15) is 0 Å². The molecule has 90 valence electrons. The molecule has 0 aromatic carbocycles. The number of hydrogen-bond donors (Lipinski definition) is 1. The quantitative estimate of drug-likeness (QED) is 0.837. The third-order valence-electron chi connectivity index (χ3n) is 3.21. The third kappa shape index (κ3) is 2.83. The second kappa shape index (κ2) is 5.46. The second-order valence-corrected chi connectivity index (χ2v) is 4.66. The normalized spacial score (nSPS) is 22.5. The van der Waals surface area contributed by atoms with Crippen LogP contribution in [-0.2, 0) is 6.42 Å². The van der Waals surface area contributed by atoms with Gasteiger partial charge in [-0.15, -0.1) is 0 Å². The van der Waals surface area contributed by atoms with Crippen molar-refractivity contribution in [1.82, 2.24) is 9.88 Å². The van der Waals surface area contributed by atoms with Crippen LogP contribution < -0.4 is 5.73 Å². The molecule has 0 saturated carbocycles. The van der Waals surface area contributed by atoms with Crippen LogP contribution in [0.15, 0.2) is 10.7 Å². The Bertz CT molecular complexity index is 324. The first-order valence-corrected chi connectivity index (χ1v) is 6.12. The van der Waals surface area contributed by atoms with Gasteiger partial charge in [-0.3, -0.25) is 0 Å². The van der Waals surface area contributed by atoms with Crippen molar-refractivity contribution >= 4 is 0 Å². The zero-order chi connectivity index (χ0) is 11.4. The van der Waals surface area contributed by atoms with Gasteiger partial charge >= 0.3 is 0 Å². The van der Waals surface area contributed by atoms with E-state index in [0.29, 0.717) is 12.5 Å². The number of aryl methyl sites for hydroxylation is 1. The summed E-state index contributed by atoms with van der Waals surface area (Å²) in [6, 6.07) is 0. The van der Waals surface area contributed by atoms with Gasteiger partial charge in [0.1, 0.15) is 6.26 Å². The summed E-state index contributed by atoms with van der Waals surface area (Å²) in [5.41, 5.74) is 6.59. The number of likely N-dealkylation sites (N-methyl/N-ethyl adjacent to an activating group) is 1. The van der Waals surface area contributed by atoms with E-state index in [-0.39, 0.29) is 0 Å². The summed E-state index contributed by atoms with van der Waals surface area (Å²) in [5.74, 6) is 1.39. The Hall–Kier alpha value is -0.870. The number of aromatic nitrogens is 1. The Balaban J connectivity index is 1.95. The van der Waals surface area contributed by atoms with E-state index in [9.17, 15) is 0 Å². The number of rotatable bonds is 4. The van der Waals surface area contributed by atoms with E-state index in [4.69, 9.17) is 10.2 Å². The topological polar surface area (TPSA) is 55.3 Å². The Morgan fingerprint density at radius 2 is 2.50 bits per heavy atom. The SMILES string of the molecule is CN1CCCC(c2coc(CCCN)n2)C1. The molecule has 1 aliphatic heterocycles. The molecule has 1 aromatic heterocycles. The number of likely N-dealkylation sites (tertiary alicyclic amines) is 1. The number of hydrogen-bond acceptors (Lipinski definition) is 4. The minimum absolute atomic E-state index is 0.550. The standard InChI is InChI=1S/C12H21N3O/c1-15-7-3-4-10(8-15)11-9-16-12(14-11)5-2-6-13/h9-10H,2-8,13H2,1H3. The van der Waals surface area contributed by atoms with Crippen molar-refractivity contribution in [2.75, 3.05) is 26.7 Å². The summed E-state index contributed by atoms with van der Waals surface area (Å²) in [6.07, 6.45) is 6.12. The largest absolute Gasteiger partial charge is 0.449 e. The summed E-state index contributed by atoms with van der Waals surface area (Å²) in [6.45, 7) is 3.00. The lowest BCUT2D eigenvalue weighted by Crippen LogP contribution is -2.30. The number of piperidine rings is 1. The maximum atomic E-state index is 5.47. The lowest BCUT2D eigenvalue weighted by atomic mass is 9.96. The lowest BCUT2D eigenvalue weighted by Gasteiger charge is -2.28. The first-order chi connectivity index (χ1) is 7.79. The molecule has 2 N–H and O–H groups in total. The zero-order valence-electron chi connectivity index (χ0n) is 9.98. The highest BCUT2D eigenvalue weighted by Crippen LogP contribution is 2.25. The first kappa shape index (κ1) is 11.6. The van der Waals surface area contributed by atoms with Crippen molar-refractivity contribution in [3.05, 3.63) is 17.8 Å². The minimum atomic E-state index is 0.550. The van der Waals surface area contributed by atoms with Gasteiger partial charge in [0.05, 0.1) is 5.69 Å². The molecular formula is C12H21N3O. The molecule has 16 heavy (non-hydrogen) atoms. The summed E-state index contributed by atoms with van der Waals surface area (Å²) in [5, 5.41) is 0. The van der Waals surface area contributed by atoms with E-state index in [2.05, 4.69) is 16.9 Å². The van der Waals surface area contributed by atoms with Crippen molar-refractivity contribution in [1.29, 1.82) is 0 Å². The fraction of sp³-hybridized carbons (Fsp3) is 0.750. The number of oxazole rings is 1. The van der Waals surface area contributed by atoms with Crippen molar-refractivity contribution in [2.45, 2.75) is 31.6 Å². The van der Waals surface area contributed by atoms with Crippen LogP contribution >= 0.6 is 0 Å². The fourth-order valence-corrected chi connectivity index (χ4v) is 2.29. The fourth-order valence-electron chi connectivity index (χ4n) is 2.29. The van der Waals surface area contributed by atoms with Crippen LogP contribution in [0, 0.1) is 0 Å². The van der Waals surface area contributed by atoms with Crippen LogP contribution in [0.2, 0.25) is 0 Å². The molecule has 2 heterocycles. The molecule has 4 heteroatoms. The van der Waals surface area contributed by atoms with E-state index >= 15 is 0 Å². The molecule has 1 aromatic rings. The molecule has 0 amide bonds. The average molecular weight is 223 g/mol. The average Bonchev–Trinajstić information content (AvgIpc) is 2.75. The predicted molar refractivity (Wildman–Crippen MR) is 63.4 cm³/mol. The van der Waals surface area contributed by atoms with Crippen LogP contribution in [0.5, 0.6) is 0 Å². The van der Waals surface area contributed by atoms with E-state index in [1.54, 1.807) is 0 Å². The molecule has 1 saturated heterocycles. The smallest absolute Gasteiger partial charge is 0.194 e. The highest BCUT2D eigenvalue weighted by Gasteiger charge is 2.21. The van der Waals surface area contributed by atoms with Gasteiger partial charge in [0.2, 0.25) is 0 Å². The first-order valence-electron chi connectivity index (χ1n) is 6.12. The summed E-state index contributed by atoms with van der Waals surface area (Å²) >= 11 is 0. The Kier molecular flexibility index (Phi) is 3.96. The molecule has 1 fully saturated rings. The highest BCUT2D eigenvalue weighted by molar-refractivity contribution is 5.06. The number of nitrogens with zero attached hydrogens (tertiary/aromatic N) is 2. The van der Waals surface area contributed by atoms with E-state index in [1.165, 1.54) is 19.4 Å². The van der Waals surface area contributed by atoms with Gasteiger partial charge in [0.25, 0.3) is 0 Å². The van der Waals surface area contributed by atoms with Crippen molar-refractivity contribution in [3.63, 3.8) is 0 Å². The van der Waals surface area contributed by atoms with E-state index < -0.39 is 0 Å². The molecule has 0 spiro atoms. The molecule has 0 aliphatic carbocycles. The summed E-state index contributed by atoms with van der Waals surface area (Å²) in [7, 11) is 2.17. The lowest BCUT2D eigenvalue weighted by molar-refractivity contribution is 0.248. The van der Waals surface area contributed by atoms with E-state index in [1.807, 2.05) is 6.26 Å². The van der Waals surface area contributed by atoms with Gasteiger partial charge in [-0.25, -0.2) is 4.98 Å². The zero-order valence-corrected chi connectivity index (χ0v) is 9.98. The van der Waals surface area contributed by atoms with Gasteiger partial charge < -0.3 is 15.1 Å². The van der Waals surface area contributed by atoms with Gasteiger partial charge in [-0.1, -0.05) is 0 Å². The van der Waals surface area contributed by atoms with Crippen molar-refractivity contribution < 1.29 is 4.42 Å². The summed E-state index contributed by atoms with van der Waals surface area (Å²) < 4.78 is 5.47. The molecule has 1 unspecified atom stereocenters. The monoisotopic (exact) mass is 223 g/mol. The molecule has 0 radical (unpaired) electrons. The van der Waals surface area contributed by atoms with Gasteiger partial charge in [-0.05, 0) is 39.4 Å². The Morgan fingerprint density at radius 1 is 1.62 bits per heavy atom. The third-order valence-corrected chi connectivity index (χ3v) is 3.21. The van der Waals surface area contributed by atoms with Crippen LogP contribution in [0.25, 0.3) is 0 Å². The molecule has 4 nitrogen and oxygen atoms in total. The number of nitrogens with two attached hydrogens (primary N) is 1. The minimum Gasteiger partial charge on any atom is -0.449 e. The summed E-state index contributed by atoms with van der Waals surface area (Å²) in [4.78, 5) is 6.92. The van der Waals surface area contributed by atoms with Crippen molar-refractivity contribution in [2.24, 2.45) is 5.73 Å². The Labute approximate surface area is 96.8 Å². The highest BCUT2D eigenvalue weighted by atomic mass is 16.3.